The quantitative estimate of drug-likeness (QED) is 0.505. The summed E-state index contributed by atoms with van der Waals surface area (Å²) in [6.07, 6.45) is 2.97. The molecule has 0 aromatic heterocycles. The molecule has 100 valence electrons. The molecule has 0 unspecified atom stereocenters. The van der Waals surface area contributed by atoms with E-state index in [4.69, 9.17) is 5.26 Å². The largest absolute Gasteiger partial charge is 0.351 e. The number of benzene rings is 1. The Morgan fingerprint density at radius 2 is 2.16 bits per heavy atom. The van der Waals surface area contributed by atoms with Crippen molar-refractivity contribution in [2.75, 3.05) is 6.54 Å². The molecule has 1 aromatic carbocycles. The van der Waals surface area contributed by atoms with Crippen molar-refractivity contribution in [3.05, 3.63) is 41.0 Å². The fraction of sp³-hybridized carbons (Fsp3) is 0.286. The van der Waals surface area contributed by atoms with Crippen LogP contribution in [0.5, 0.6) is 0 Å². The van der Waals surface area contributed by atoms with Crippen molar-refractivity contribution in [1.82, 2.24) is 5.32 Å². The van der Waals surface area contributed by atoms with Crippen molar-refractivity contribution >= 4 is 12.0 Å². The summed E-state index contributed by atoms with van der Waals surface area (Å²) in [7, 11) is 0. The SMILES string of the molecule is CCCCNC(=O)/C(C#N)=C/c1ccc(F)c(F)c1. The van der Waals surface area contributed by atoms with Gasteiger partial charge in [0.2, 0.25) is 0 Å². The third-order valence-corrected chi connectivity index (χ3v) is 2.44. The maximum Gasteiger partial charge on any atom is 0.261 e. The molecular weight excluding hydrogens is 250 g/mol. The molecule has 0 heterocycles. The van der Waals surface area contributed by atoms with E-state index in [1.165, 1.54) is 12.1 Å². The Labute approximate surface area is 110 Å². The molecule has 0 aliphatic rings. The number of hydrogen-bond donors (Lipinski definition) is 1. The maximum absolute atomic E-state index is 13.0. The van der Waals surface area contributed by atoms with Gasteiger partial charge in [-0.2, -0.15) is 5.26 Å². The number of hydrogen-bond acceptors (Lipinski definition) is 2. The van der Waals surface area contributed by atoms with Crippen molar-refractivity contribution in [3.8, 4) is 6.07 Å². The van der Waals surface area contributed by atoms with Gasteiger partial charge < -0.3 is 5.32 Å². The molecule has 0 aliphatic heterocycles. The molecule has 0 atom stereocenters. The summed E-state index contributed by atoms with van der Waals surface area (Å²) in [6.45, 7) is 2.46. The van der Waals surface area contributed by atoms with Crippen molar-refractivity contribution in [2.24, 2.45) is 0 Å². The topological polar surface area (TPSA) is 52.9 Å². The van der Waals surface area contributed by atoms with E-state index in [2.05, 4.69) is 5.32 Å². The van der Waals surface area contributed by atoms with Gasteiger partial charge in [-0.3, -0.25) is 4.79 Å². The molecule has 0 spiro atoms. The number of amides is 1. The van der Waals surface area contributed by atoms with Crippen LogP contribution in [0.4, 0.5) is 8.78 Å². The molecule has 0 bridgehead atoms. The molecule has 0 saturated carbocycles. The summed E-state index contributed by atoms with van der Waals surface area (Å²) in [4.78, 5) is 11.6. The predicted octanol–water partition coefficient (Wildman–Crippen LogP) is 2.79. The van der Waals surface area contributed by atoms with E-state index in [9.17, 15) is 13.6 Å². The van der Waals surface area contributed by atoms with Crippen LogP contribution < -0.4 is 5.32 Å². The molecular formula is C14H14F2N2O. The van der Waals surface area contributed by atoms with Crippen molar-refractivity contribution in [3.63, 3.8) is 0 Å². The Morgan fingerprint density at radius 1 is 1.42 bits per heavy atom. The van der Waals surface area contributed by atoms with Crippen molar-refractivity contribution in [2.45, 2.75) is 19.8 Å². The van der Waals surface area contributed by atoms with Gasteiger partial charge in [-0.15, -0.1) is 0 Å². The number of carbonyl (C=O) groups excluding carboxylic acids is 1. The van der Waals surface area contributed by atoms with Gasteiger partial charge in [0, 0.05) is 6.54 Å². The molecule has 0 radical (unpaired) electrons. The smallest absolute Gasteiger partial charge is 0.261 e. The highest BCUT2D eigenvalue weighted by atomic mass is 19.2. The van der Waals surface area contributed by atoms with Crippen LogP contribution in [0.1, 0.15) is 25.3 Å². The fourth-order valence-corrected chi connectivity index (χ4v) is 1.39. The molecule has 5 heteroatoms. The minimum atomic E-state index is -1.02. The first-order chi connectivity index (χ1) is 9.08. The summed E-state index contributed by atoms with van der Waals surface area (Å²) in [5, 5.41) is 11.5. The van der Waals surface area contributed by atoms with Gasteiger partial charge in [0.25, 0.3) is 5.91 Å². The molecule has 0 aliphatic carbocycles. The lowest BCUT2D eigenvalue weighted by Gasteiger charge is -2.03. The lowest BCUT2D eigenvalue weighted by Crippen LogP contribution is -2.25. The zero-order valence-electron chi connectivity index (χ0n) is 10.5. The Balaban J connectivity index is 2.84. The molecule has 0 saturated heterocycles. The minimum Gasteiger partial charge on any atom is -0.351 e. The number of nitriles is 1. The summed E-state index contributed by atoms with van der Waals surface area (Å²) >= 11 is 0. The fourth-order valence-electron chi connectivity index (χ4n) is 1.39. The molecule has 1 amide bonds. The van der Waals surface area contributed by atoms with Gasteiger partial charge in [0.1, 0.15) is 11.6 Å². The van der Waals surface area contributed by atoms with Gasteiger partial charge in [0.05, 0.1) is 0 Å². The summed E-state index contributed by atoms with van der Waals surface area (Å²) < 4.78 is 25.7. The standard InChI is InChI=1S/C14H14F2N2O/c1-2-3-6-18-14(19)11(9-17)7-10-4-5-12(15)13(16)8-10/h4-5,7-8H,2-3,6H2,1H3,(H,18,19)/b11-7+. The molecule has 3 nitrogen and oxygen atoms in total. The Bertz CT molecular complexity index is 533. The lowest BCUT2D eigenvalue weighted by atomic mass is 10.1. The first-order valence-corrected chi connectivity index (χ1v) is 5.93. The van der Waals surface area contributed by atoms with Gasteiger partial charge in [-0.05, 0) is 30.2 Å². The van der Waals surface area contributed by atoms with E-state index in [-0.39, 0.29) is 11.1 Å². The average Bonchev–Trinajstić information content (AvgIpc) is 2.40. The van der Waals surface area contributed by atoms with Crippen LogP contribution in [-0.4, -0.2) is 12.5 Å². The third-order valence-electron chi connectivity index (χ3n) is 2.44. The van der Waals surface area contributed by atoms with Crippen LogP contribution in [0.25, 0.3) is 6.08 Å². The van der Waals surface area contributed by atoms with Gasteiger partial charge in [-0.1, -0.05) is 19.4 Å². The Kier molecular flexibility index (Phi) is 5.68. The molecule has 1 N–H and O–H groups in total. The average molecular weight is 264 g/mol. The van der Waals surface area contributed by atoms with Crippen molar-refractivity contribution < 1.29 is 13.6 Å². The monoisotopic (exact) mass is 264 g/mol. The second-order valence-electron chi connectivity index (χ2n) is 3.95. The van der Waals surface area contributed by atoms with E-state index in [0.717, 1.165) is 25.0 Å². The first-order valence-electron chi connectivity index (χ1n) is 5.93. The molecule has 1 aromatic rings. The van der Waals surface area contributed by atoms with E-state index in [1.54, 1.807) is 6.07 Å². The highest BCUT2D eigenvalue weighted by molar-refractivity contribution is 6.01. The number of carbonyl (C=O) groups is 1. The highest BCUT2D eigenvalue weighted by Crippen LogP contribution is 2.12. The van der Waals surface area contributed by atoms with Gasteiger partial charge >= 0.3 is 0 Å². The number of unbranched alkanes of at least 4 members (excludes halogenated alkanes) is 1. The molecule has 0 fully saturated rings. The predicted molar refractivity (Wildman–Crippen MR) is 67.9 cm³/mol. The molecule has 1 rings (SSSR count). The third kappa shape index (κ3) is 4.51. The van der Waals surface area contributed by atoms with E-state index in [0.29, 0.717) is 6.54 Å². The normalized spacial score (nSPS) is 10.9. The Hall–Kier alpha value is -2.22. The summed E-state index contributed by atoms with van der Waals surface area (Å²) in [5.74, 6) is -2.50. The van der Waals surface area contributed by atoms with Crippen molar-refractivity contribution in [1.29, 1.82) is 5.26 Å². The van der Waals surface area contributed by atoms with E-state index < -0.39 is 17.5 Å². The van der Waals surface area contributed by atoms with Gasteiger partial charge in [0.15, 0.2) is 11.6 Å². The zero-order valence-corrected chi connectivity index (χ0v) is 10.5. The second kappa shape index (κ2) is 7.27. The van der Waals surface area contributed by atoms with Crippen LogP contribution in [0.3, 0.4) is 0 Å². The first kappa shape index (κ1) is 14.8. The second-order valence-corrected chi connectivity index (χ2v) is 3.95. The van der Waals surface area contributed by atoms with E-state index in [1.807, 2.05) is 6.92 Å². The van der Waals surface area contributed by atoms with Crippen LogP contribution >= 0.6 is 0 Å². The maximum atomic E-state index is 13.0. The summed E-state index contributed by atoms with van der Waals surface area (Å²) in [5.41, 5.74) is 0.128. The number of nitrogens with zero attached hydrogens (tertiary/aromatic N) is 1. The summed E-state index contributed by atoms with van der Waals surface area (Å²) in [6, 6.07) is 4.93. The van der Waals surface area contributed by atoms with Crippen LogP contribution in [-0.2, 0) is 4.79 Å². The van der Waals surface area contributed by atoms with E-state index >= 15 is 0 Å². The number of nitrogens with one attached hydrogen (secondary N) is 1. The minimum absolute atomic E-state index is 0.137. The zero-order chi connectivity index (χ0) is 14.3. The molecule has 19 heavy (non-hydrogen) atoms. The lowest BCUT2D eigenvalue weighted by molar-refractivity contribution is -0.117. The Morgan fingerprint density at radius 3 is 2.74 bits per heavy atom. The van der Waals surface area contributed by atoms with Crippen LogP contribution in [0.2, 0.25) is 0 Å². The van der Waals surface area contributed by atoms with Gasteiger partial charge in [-0.25, -0.2) is 8.78 Å². The van der Waals surface area contributed by atoms with Crippen LogP contribution in [0, 0.1) is 23.0 Å². The van der Waals surface area contributed by atoms with Crippen LogP contribution in [0.15, 0.2) is 23.8 Å². The number of rotatable bonds is 5. The highest BCUT2D eigenvalue weighted by Gasteiger charge is 2.09. The number of halogens is 2.